The molecule has 2 bridgehead atoms. The Kier molecular flexibility index (Phi) is 8.96. The highest BCUT2D eigenvalue weighted by Crippen LogP contribution is 2.36. The Morgan fingerprint density at radius 1 is 1.05 bits per heavy atom. The number of hydrogen-bond donors (Lipinski definition) is 2. The first-order valence-corrected chi connectivity index (χ1v) is 16.3. The molecular weight excluding hydrogens is 530 g/mol. The van der Waals surface area contributed by atoms with Crippen molar-refractivity contribution in [2.75, 3.05) is 51.6 Å². The van der Waals surface area contributed by atoms with E-state index in [0.717, 1.165) is 43.1 Å². The monoisotopic (exact) mass is 573 g/mol. The number of nitrogens with zero attached hydrogens (tertiary/aromatic N) is 4. The Morgan fingerprint density at radius 2 is 1.73 bits per heavy atom. The molecule has 0 radical (unpaired) electrons. The standard InChI is InChI=1S/C29H43N5O5S/c1-21(2)34-27-7-4-3-6-22(27)18-26(29(34)37)28(36)30-23-19-24-8-9-25(20-23)33(24)10-5-17-40(38,39)32-13-11-31(12-14-32)15-16-35/h3-4,6-7,18,21,23-25,35H,5,8-17,19-20H2,1-2H3,(H,30,36)/t23?,24-,25+. The minimum atomic E-state index is -3.30. The molecule has 1 unspecified atom stereocenters. The molecule has 5 rings (SSSR count). The maximum atomic E-state index is 13.3. The van der Waals surface area contributed by atoms with E-state index >= 15 is 0 Å². The first-order chi connectivity index (χ1) is 19.2. The Bertz CT molecular complexity index is 1350. The summed E-state index contributed by atoms with van der Waals surface area (Å²) in [6.07, 6.45) is 4.32. The summed E-state index contributed by atoms with van der Waals surface area (Å²) in [5.74, 6) is -0.166. The normalized spacial score (nSPS) is 24.6. The van der Waals surface area contributed by atoms with Gasteiger partial charge in [0.05, 0.1) is 17.9 Å². The topological polar surface area (TPSA) is 115 Å². The number of aliphatic hydroxyl groups is 1. The zero-order valence-corrected chi connectivity index (χ0v) is 24.5. The van der Waals surface area contributed by atoms with Gasteiger partial charge in [0.15, 0.2) is 0 Å². The number of sulfonamides is 1. The average Bonchev–Trinajstić information content (AvgIpc) is 3.15. The summed E-state index contributed by atoms with van der Waals surface area (Å²) in [5, 5.41) is 13.1. The molecular formula is C29H43N5O5S. The molecule has 4 heterocycles. The van der Waals surface area contributed by atoms with Crippen LogP contribution in [0.15, 0.2) is 35.1 Å². The minimum Gasteiger partial charge on any atom is -0.395 e. The van der Waals surface area contributed by atoms with E-state index in [4.69, 9.17) is 5.11 Å². The third kappa shape index (κ3) is 6.13. The van der Waals surface area contributed by atoms with Crippen molar-refractivity contribution >= 4 is 26.8 Å². The lowest BCUT2D eigenvalue weighted by Gasteiger charge is -2.39. The summed E-state index contributed by atoms with van der Waals surface area (Å²) in [5.41, 5.74) is 0.753. The molecule has 3 aliphatic rings. The van der Waals surface area contributed by atoms with E-state index in [-0.39, 0.29) is 41.5 Å². The second-order valence-electron chi connectivity index (χ2n) is 11.8. The number of pyridine rings is 1. The molecule has 0 spiro atoms. The zero-order chi connectivity index (χ0) is 28.4. The number of hydrogen-bond acceptors (Lipinski definition) is 7. The van der Waals surface area contributed by atoms with Crippen molar-refractivity contribution < 1.29 is 18.3 Å². The molecule has 2 N–H and O–H groups in total. The van der Waals surface area contributed by atoms with E-state index in [1.165, 1.54) is 0 Å². The van der Waals surface area contributed by atoms with Crippen LogP contribution in [0.1, 0.15) is 62.4 Å². The lowest BCUT2D eigenvalue weighted by molar-refractivity contribution is 0.0844. The first kappa shape index (κ1) is 29.2. The molecule has 40 heavy (non-hydrogen) atoms. The van der Waals surface area contributed by atoms with Crippen molar-refractivity contribution in [1.29, 1.82) is 0 Å². The highest BCUT2D eigenvalue weighted by molar-refractivity contribution is 7.89. The van der Waals surface area contributed by atoms with Crippen LogP contribution >= 0.6 is 0 Å². The van der Waals surface area contributed by atoms with Crippen LogP contribution in [0.25, 0.3) is 10.9 Å². The summed E-state index contributed by atoms with van der Waals surface area (Å²) < 4.78 is 29.1. The predicted octanol–water partition coefficient (Wildman–Crippen LogP) is 1.64. The van der Waals surface area contributed by atoms with Gasteiger partial charge in [0, 0.05) is 56.9 Å². The van der Waals surface area contributed by atoms with Gasteiger partial charge >= 0.3 is 0 Å². The van der Waals surface area contributed by atoms with Gasteiger partial charge in [0.1, 0.15) is 5.56 Å². The fourth-order valence-corrected chi connectivity index (χ4v) is 8.38. The van der Waals surface area contributed by atoms with Crippen LogP contribution in [0.5, 0.6) is 0 Å². The van der Waals surface area contributed by atoms with Crippen LogP contribution in [0.2, 0.25) is 0 Å². The maximum Gasteiger partial charge on any atom is 0.264 e. The third-order valence-electron chi connectivity index (χ3n) is 8.89. The fourth-order valence-electron chi connectivity index (χ4n) is 6.91. The molecule has 1 aromatic carbocycles. The van der Waals surface area contributed by atoms with Gasteiger partial charge in [0.2, 0.25) is 10.0 Å². The van der Waals surface area contributed by atoms with Crippen LogP contribution in [0, 0.1) is 0 Å². The van der Waals surface area contributed by atoms with Crippen molar-refractivity contribution in [2.45, 2.75) is 70.1 Å². The number of nitrogens with one attached hydrogen (secondary N) is 1. The molecule has 220 valence electrons. The molecule has 1 aromatic heterocycles. The maximum absolute atomic E-state index is 13.3. The Morgan fingerprint density at radius 3 is 2.38 bits per heavy atom. The van der Waals surface area contributed by atoms with E-state index in [0.29, 0.717) is 51.2 Å². The first-order valence-electron chi connectivity index (χ1n) is 14.7. The quantitative estimate of drug-likeness (QED) is 0.444. The van der Waals surface area contributed by atoms with E-state index in [1.807, 2.05) is 38.1 Å². The van der Waals surface area contributed by atoms with Crippen molar-refractivity contribution in [3.63, 3.8) is 0 Å². The number of β-amino-alcohol motifs (C(OH)–C–C–N with tert-alkyl or cyclic N) is 1. The van der Waals surface area contributed by atoms with Crippen LogP contribution < -0.4 is 10.9 Å². The van der Waals surface area contributed by atoms with Gasteiger partial charge in [-0.1, -0.05) is 18.2 Å². The molecule has 1 amide bonds. The predicted molar refractivity (Wildman–Crippen MR) is 156 cm³/mol. The molecule has 10 nitrogen and oxygen atoms in total. The number of rotatable bonds is 10. The van der Waals surface area contributed by atoms with Crippen LogP contribution in [0.4, 0.5) is 0 Å². The molecule has 0 aliphatic carbocycles. The fraction of sp³-hybridized carbons (Fsp3) is 0.655. The van der Waals surface area contributed by atoms with Gasteiger partial charge in [-0.25, -0.2) is 8.42 Å². The molecule has 3 saturated heterocycles. The van der Waals surface area contributed by atoms with Gasteiger partial charge in [-0.3, -0.25) is 19.4 Å². The number of aromatic nitrogens is 1. The van der Waals surface area contributed by atoms with Crippen LogP contribution in [-0.4, -0.2) is 108 Å². The number of piperidine rings is 1. The highest BCUT2D eigenvalue weighted by atomic mass is 32.2. The lowest BCUT2D eigenvalue weighted by Crippen LogP contribution is -2.52. The largest absolute Gasteiger partial charge is 0.395 e. The number of fused-ring (bicyclic) bond motifs is 3. The van der Waals surface area contributed by atoms with Gasteiger partial charge in [0.25, 0.3) is 11.5 Å². The Hall–Kier alpha value is -2.31. The second kappa shape index (κ2) is 12.3. The Labute approximate surface area is 237 Å². The SMILES string of the molecule is CC(C)n1c(=O)c(C(=O)NC2C[C@H]3CC[C@@H](C2)N3CCCS(=O)(=O)N2CCN(CCO)CC2)cc2ccccc21. The van der Waals surface area contributed by atoms with E-state index < -0.39 is 10.0 Å². The van der Waals surface area contributed by atoms with Crippen molar-refractivity contribution in [3.8, 4) is 0 Å². The summed E-state index contributed by atoms with van der Waals surface area (Å²) in [7, 11) is -3.30. The lowest BCUT2D eigenvalue weighted by atomic mass is 9.96. The number of piperazine rings is 1. The van der Waals surface area contributed by atoms with E-state index in [2.05, 4.69) is 15.1 Å². The van der Waals surface area contributed by atoms with Crippen LogP contribution in [-0.2, 0) is 10.0 Å². The summed E-state index contributed by atoms with van der Waals surface area (Å²) in [6, 6.07) is 9.94. The van der Waals surface area contributed by atoms with E-state index in [9.17, 15) is 18.0 Å². The number of amides is 1. The number of carbonyl (C=O) groups is 1. The number of aliphatic hydroxyl groups excluding tert-OH is 1. The van der Waals surface area contributed by atoms with Crippen LogP contribution in [0.3, 0.4) is 0 Å². The number of benzene rings is 1. The van der Waals surface area contributed by atoms with Crippen molar-refractivity contribution in [2.24, 2.45) is 0 Å². The zero-order valence-electron chi connectivity index (χ0n) is 23.7. The highest BCUT2D eigenvalue weighted by Gasteiger charge is 2.41. The molecule has 3 aliphatic heterocycles. The summed E-state index contributed by atoms with van der Waals surface area (Å²) in [6.45, 7) is 7.61. The van der Waals surface area contributed by atoms with Gasteiger partial charge in [-0.05, 0) is 70.0 Å². The van der Waals surface area contributed by atoms with E-state index in [1.54, 1.807) is 14.9 Å². The van der Waals surface area contributed by atoms with Gasteiger partial charge in [-0.2, -0.15) is 4.31 Å². The van der Waals surface area contributed by atoms with Gasteiger partial charge in [-0.15, -0.1) is 0 Å². The molecule has 3 fully saturated rings. The smallest absolute Gasteiger partial charge is 0.264 e. The second-order valence-corrected chi connectivity index (χ2v) is 13.9. The van der Waals surface area contributed by atoms with Gasteiger partial charge < -0.3 is 15.0 Å². The molecule has 11 heteroatoms. The summed E-state index contributed by atoms with van der Waals surface area (Å²) in [4.78, 5) is 31.2. The molecule has 3 atom stereocenters. The van der Waals surface area contributed by atoms with Crippen molar-refractivity contribution in [1.82, 2.24) is 24.0 Å². The molecule has 0 saturated carbocycles. The van der Waals surface area contributed by atoms with Crippen molar-refractivity contribution in [3.05, 3.63) is 46.2 Å². The Balaban J connectivity index is 1.16. The number of para-hydroxylation sites is 1. The minimum absolute atomic E-state index is 0.00132. The molecule has 2 aromatic rings. The summed E-state index contributed by atoms with van der Waals surface area (Å²) >= 11 is 0. The average molecular weight is 574 g/mol. The third-order valence-corrected chi connectivity index (χ3v) is 10.8. The number of carbonyl (C=O) groups excluding carboxylic acids is 1.